The van der Waals surface area contributed by atoms with Crippen molar-refractivity contribution in [2.24, 2.45) is 0 Å². The largest absolute Gasteiger partial charge is 0.418 e. The summed E-state index contributed by atoms with van der Waals surface area (Å²) in [4.78, 5) is 15.5. The molecule has 1 amide bonds. The van der Waals surface area contributed by atoms with E-state index in [1.807, 2.05) is 0 Å². The Morgan fingerprint density at radius 2 is 2.05 bits per heavy atom. The molecule has 0 saturated carbocycles. The van der Waals surface area contributed by atoms with Gasteiger partial charge in [0, 0.05) is 5.38 Å². The number of anilines is 1. The Morgan fingerprint density at radius 1 is 1.32 bits per heavy atom. The SMILES string of the molecule is O=C(Cc1cscn1)Nc1ccccc1C(F)(F)F. The van der Waals surface area contributed by atoms with Gasteiger partial charge in [0.05, 0.1) is 28.9 Å². The van der Waals surface area contributed by atoms with Crippen LogP contribution in [0.3, 0.4) is 0 Å². The van der Waals surface area contributed by atoms with Crippen molar-refractivity contribution in [3.05, 3.63) is 46.4 Å². The summed E-state index contributed by atoms with van der Waals surface area (Å²) < 4.78 is 38.1. The number of nitrogens with zero attached hydrogens (tertiary/aromatic N) is 1. The Hall–Kier alpha value is -1.89. The van der Waals surface area contributed by atoms with Gasteiger partial charge in [0.25, 0.3) is 0 Å². The van der Waals surface area contributed by atoms with Crippen LogP contribution in [-0.4, -0.2) is 10.9 Å². The minimum Gasteiger partial charge on any atom is -0.325 e. The van der Waals surface area contributed by atoms with Gasteiger partial charge in [-0.1, -0.05) is 12.1 Å². The van der Waals surface area contributed by atoms with Gasteiger partial charge in [0.1, 0.15) is 0 Å². The van der Waals surface area contributed by atoms with Crippen LogP contribution in [0.4, 0.5) is 18.9 Å². The van der Waals surface area contributed by atoms with Gasteiger partial charge in [-0.2, -0.15) is 13.2 Å². The molecule has 100 valence electrons. The number of thiazole rings is 1. The summed E-state index contributed by atoms with van der Waals surface area (Å²) in [7, 11) is 0. The summed E-state index contributed by atoms with van der Waals surface area (Å²) in [5, 5.41) is 3.94. The van der Waals surface area contributed by atoms with Crippen LogP contribution >= 0.6 is 11.3 Å². The molecule has 1 heterocycles. The number of carbonyl (C=O) groups excluding carboxylic acids is 1. The minimum absolute atomic E-state index is 0.0459. The van der Waals surface area contributed by atoms with E-state index in [1.54, 1.807) is 10.9 Å². The zero-order chi connectivity index (χ0) is 13.9. The molecule has 1 N–H and O–H groups in total. The standard InChI is InChI=1S/C12H9F3N2OS/c13-12(14,15)9-3-1-2-4-10(9)17-11(18)5-8-6-19-7-16-8/h1-4,6-7H,5H2,(H,17,18). The van der Waals surface area contributed by atoms with E-state index in [9.17, 15) is 18.0 Å². The lowest BCUT2D eigenvalue weighted by molar-refractivity contribution is -0.137. The Kier molecular flexibility index (Phi) is 3.84. The minimum atomic E-state index is -4.50. The van der Waals surface area contributed by atoms with Crippen molar-refractivity contribution in [2.45, 2.75) is 12.6 Å². The first kappa shape index (κ1) is 13.5. The molecule has 0 spiro atoms. The number of halogens is 3. The van der Waals surface area contributed by atoms with Gasteiger partial charge < -0.3 is 5.32 Å². The van der Waals surface area contributed by atoms with E-state index in [0.717, 1.165) is 6.07 Å². The lowest BCUT2D eigenvalue weighted by atomic mass is 10.1. The summed E-state index contributed by atoms with van der Waals surface area (Å²) in [6, 6.07) is 4.87. The summed E-state index contributed by atoms with van der Waals surface area (Å²) in [6.07, 6.45) is -4.54. The van der Waals surface area contributed by atoms with Crippen LogP contribution in [0, 0.1) is 0 Å². The van der Waals surface area contributed by atoms with Crippen molar-refractivity contribution in [3.63, 3.8) is 0 Å². The number of amides is 1. The van der Waals surface area contributed by atoms with E-state index in [0.29, 0.717) is 5.69 Å². The average molecular weight is 286 g/mol. The van der Waals surface area contributed by atoms with E-state index in [-0.39, 0.29) is 12.1 Å². The zero-order valence-corrected chi connectivity index (χ0v) is 10.4. The highest BCUT2D eigenvalue weighted by Crippen LogP contribution is 2.34. The molecular weight excluding hydrogens is 277 g/mol. The van der Waals surface area contributed by atoms with Gasteiger partial charge in [-0.15, -0.1) is 11.3 Å². The van der Waals surface area contributed by atoms with Crippen molar-refractivity contribution in [2.75, 3.05) is 5.32 Å². The number of carbonyl (C=O) groups is 1. The fourth-order valence-electron chi connectivity index (χ4n) is 1.52. The van der Waals surface area contributed by atoms with E-state index in [2.05, 4.69) is 10.3 Å². The van der Waals surface area contributed by atoms with Crippen LogP contribution in [0.25, 0.3) is 0 Å². The first-order valence-electron chi connectivity index (χ1n) is 5.30. The Labute approximate surface area is 111 Å². The van der Waals surface area contributed by atoms with Crippen molar-refractivity contribution in [1.82, 2.24) is 4.98 Å². The third-order valence-corrected chi connectivity index (χ3v) is 2.97. The molecule has 0 unspecified atom stereocenters. The number of hydrogen-bond donors (Lipinski definition) is 1. The van der Waals surface area contributed by atoms with Crippen molar-refractivity contribution in [1.29, 1.82) is 0 Å². The molecule has 1 aromatic carbocycles. The molecule has 0 fully saturated rings. The van der Waals surface area contributed by atoms with E-state index in [1.165, 1.54) is 29.5 Å². The maximum absolute atomic E-state index is 12.7. The van der Waals surface area contributed by atoms with Crippen molar-refractivity contribution < 1.29 is 18.0 Å². The highest BCUT2D eigenvalue weighted by atomic mass is 32.1. The molecule has 0 aliphatic carbocycles. The molecule has 0 aliphatic rings. The summed E-state index contributed by atoms with van der Waals surface area (Å²) in [6.45, 7) is 0. The van der Waals surface area contributed by atoms with E-state index >= 15 is 0 Å². The highest BCUT2D eigenvalue weighted by molar-refractivity contribution is 7.07. The topological polar surface area (TPSA) is 42.0 Å². The van der Waals surface area contributed by atoms with Gasteiger partial charge in [-0.3, -0.25) is 4.79 Å². The van der Waals surface area contributed by atoms with Gasteiger partial charge in [-0.25, -0.2) is 4.98 Å². The number of aromatic nitrogens is 1. The number of nitrogens with one attached hydrogen (secondary N) is 1. The second kappa shape index (κ2) is 5.40. The van der Waals surface area contributed by atoms with Crippen molar-refractivity contribution >= 4 is 22.9 Å². The van der Waals surface area contributed by atoms with Crippen LogP contribution in [0.2, 0.25) is 0 Å². The van der Waals surface area contributed by atoms with Gasteiger partial charge in [-0.05, 0) is 12.1 Å². The molecule has 2 aromatic rings. The van der Waals surface area contributed by atoms with Gasteiger partial charge in [0.15, 0.2) is 0 Å². The Morgan fingerprint density at radius 3 is 2.68 bits per heavy atom. The molecule has 0 aliphatic heterocycles. The number of para-hydroxylation sites is 1. The molecular formula is C12H9F3N2OS. The predicted octanol–water partition coefficient (Wildman–Crippen LogP) is 3.34. The van der Waals surface area contributed by atoms with Crippen LogP contribution < -0.4 is 5.32 Å². The number of rotatable bonds is 3. The van der Waals surface area contributed by atoms with Crippen LogP contribution in [0.15, 0.2) is 35.2 Å². The quantitative estimate of drug-likeness (QED) is 0.940. The Balaban J connectivity index is 2.13. The third kappa shape index (κ3) is 3.54. The second-order valence-corrected chi connectivity index (χ2v) is 4.47. The smallest absolute Gasteiger partial charge is 0.325 e. The molecule has 7 heteroatoms. The maximum Gasteiger partial charge on any atom is 0.418 e. The fourth-order valence-corrected chi connectivity index (χ4v) is 2.08. The molecule has 3 nitrogen and oxygen atoms in total. The van der Waals surface area contributed by atoms with Crippen molar-refractivity contribution in [3.8, 4) is 0 Å². The monoisotopic (exact) mass is 286 g/mol. The molecule has 2 rings (SSSR count). The third-order valence-electron chi connectivity index (χ3n) is 2.33. The normalized spacial score (nSPS) is 11.3. The van der Waals surface area contributed by atoms with E-state index < -0.39 is 17.6 Å². The Bertz CT molecular complexity index is 567. The number of alkyl halides is 3. The summed E-state index contributed by atoms with van der Waals surface area (Å²) in [5.74, 6) is -0.525. The lowest BCUT2D eigenvalue weighted by Gasteiger charge is -2.13. The van der Waals surface area contributed by atoms with Gasteiger partial charge >= 0.3 is 6.18 Å². The number of benzene rings is 1. The molecule has 0 atom stereocenters. The van der Waals surface area contributed by atoms with Gasteiger partial charge in [0.2, 0.25) is 5.91 Å². The average Bonchev–Trinajstić information content (AvgIpc) is 2.81. The zero-order valence-electron chi connectivity index (χ0n) is 9.57. The highest BCUT2D eigenvalue weighted by Gasteiger charge is 2.33. The molecule has 0 saturated heterocycles. The predicted molar refractivity (Wildman–Crippen MR) is 65.9 cm³/mol. The van der Waals surface area contributed by atoms with E-state index in [4.69, 9.17) is 0 Å². The summed E-state index contributed by atoms with van der Waals surface area (Å²) >= 11 is 1.32. The molecule has 0 bridgehead atoms. The van der Waals surface area contributed by atoms with Crippen LogP contribution in [0.5, 0.6) is 0 Å². The summed E-state index contributed by atoms with van der Waals surface area (Å²) in [5.41, 5.74) is 0.996. The molecule has 19 heavy (non-hydrogen) atoms. The fraction of sp³-hybridized carbons (Fsp3) is 0.167. The van der Waals surface area contributed by atoms with Crippen LogP contribution in [-0.2, 0) is 17.4 Å². The molecule has 0 radical (unpaired) electrons. The van der Waals surface area contributed by atoms with Crippen LogP contribution in [0.1, 0.15) is 11.3 Å². The molecule has 1 aromatic heterocycles. The maximum atomic E-state index is 12.7. The lowest BCUT2D eigenvalue weighted by Crippen LogP contribution is -2.18. The first-order valence-corrected chi connectivity index (χ1v) is 6.24. The number of hydrogen-bond acceptors (Lipinski definition) is 3. The first-order chi connectivity index (χ1) is 8.97. The second-order valence-electron chi connectivity index (χ2n) is 3.75.